The molecule has 2 aliphatic heterocycles. The number of allylic oxidation sites excluding steroid dienone is 1. The number of carbonyl (C=O) groups is 1. The zero-order chi connectivity index (χ0) is 31.4. The highest BCUT2D eigenvalue weighted by atomic mass is 16.6. The van der Waals surface area contributed by atoms with Crippen LogP contribution in [0.4, 0.5) is 0 Å². The lowest BCUT2D eigenvalue weighted by molar-refractivity contribution is 0.00588. The third kappa shape index (κ3) is 6.82. The Labute approximate surface area is 256 Å². The van der Waals surface area contributed by atoms with Gasteiger partial charge in [0.1, 0.15) is 34.2 Å². The summed E-state index contributed by atoms with van der Waals surface area (Å²) < 4.78 is 18.1. The van der Waals surface area contributed by atoms with Gasteiger partial charge >= 0.3 is 5.97 Å². The molecule has 0 spiro atoms. The number of benzene rings is 3. The number of aliphatic imine (C=N–C) groups is 2. The number of carbonyl (C=O) groups excluding carboxylic acids is 1. The van der Waals surface area contributed by atoms with Crippen LogP contribution in [0.15, 0.2) is 94.4 Å². The Balaban J connectivity index is 1.52. The Hall–Kier alpha value is -5.34. The van der Waals surface area contributed by atoms with Gasteiger partial charge in [-0.15, -0.1) is 0 Å². The van der Waals surface area contributed by atoms with Crippen LogP contribution in [0.1, 0.15) is 47.8 Å². The van der Waals surface area contributed by atoms with Gasteiger partial charge in [0.25, 0.3) is 6.35 Å². The molecule has 5 rings (SSSR count). The molecule has 2 heterocycles. The van der Waals surface area contributed by atoms with Crippen molar-refractivity contribution in [2.24, 2.45) is 21.6 Å². The van der Waals surface area contributed by atoms with Crippen molar-refractivity contribution in [1.29, 1.82) is 5.26 Å². The summed E-state index contributed by atoms with van der Waals surface area (Å²) in [5.74, 6) is 7.38. The molecule has 0 radical (unpaired) electrons. The molecular formula is C33H35N7O4. The van der Waals surface area contributed by atoms with Crippen LogP contribution < -0.4 is 21.1 Å². The summed E-state index contributed by atoms with van der Waals surface area (Å²) in [5, 5.41) is 10.7. The normalized spacial score (nSPS) is 16.7. The molecule has 11 heteroatoms. The van der Waals surface area contributed by atoms with Gasteiger partial charge in [0.2, 0.25) is 5.88 Å². The maximum absolute atomic E-state index is 13.1. The van der Waals surface area contributed by atoms with Crippen molar-refractivity contribution < 1.29 is 19.0 Å². The van der Waals surface area contributed by atoms with Crippen LogP contribution in [0.2, 0.25) is 0 Å². The SMILES string of the molecule is CN1CCN=C1c1cccc(OC2N=C(Cc3ccccc3)C(N)=C(Oc3cc(C#N)ccc3C(=O)OC(C)(C)C)N2N)c1. The van der Waals surface area contributed by atoms with E-state index in [1.807, 2.05) is 55.6 Å². The zero-order valence-electron chi connectivity index (χ0n) is 25.2. The van der Waals surface area contributed by atoms with E-state index in [0.717, 1.165) is 35.1 Å². The molecule has 1 atom stereocenters. The van der Waals surface area contributed by atoms with Gasteiger partial charge in [0.15, 0.2) is 0 Å². The van der Waals surface area contributed by atoms with Crippen LogP contribution in [-0.2, 0) is 11.2 Å². The lowest BCUT2D eigenvalue weighted by atomic mass is 10.1. The third-order valence-corrected chi connectivity index (χ3v) is 6.82. The molecule has 0 saturated carbocycles. The first-order valence-electron chi connectivity index (χ1n) is 14.1. The molecule has 44 heavy (non-hydrogen) atoms. The van der Waals surface area contributed by atoms with Gasteiger partial charge in [-0.2, -0.15) is 5.26 Å². The average Bonchev–Trinajstić information content (AvgIpc) is 3.43. The second-order valence-corrected chi connectivity index (χ2v) is 11.4. The Kier molecular flexibility index (Phi) is 8.55. The summed E-state index contributed by atoms with van der Waals surface area (Å²) in [7, 11) is 1.99. The molecule has 0 amide bonds. The van der Waals surface area contributed by atoms with E-state index in [2.05, 4.69) is 16.0 Å². The van der Waals surface area contributed by atoms with E-state index in [0.29, 0.717) is 17.9 Å². The van der Waals surface area contributed by atoms with E-state index in [-0.39, 0.29) is 28.5 Å². The summed E-state index contributed by atoms with van der Waals surface area (Å²) in [6.45, 7) is 6.86. The molecule has 11 nitrogen and oxygen atoms in total. The summed E-state index contributed by atoms with van der Waals surface area (Å²) in [6.07, 6.45) is -0.704. The summed E-state index contributed by atoms with van der Waals surface area (Å²) >= 11 is 0. The lowest BCUT2D eigenvalue weighted by Crippen LogP contribution is -2.49. The van der Waals surface area contributed by atoms with Crippen LogP contribution in [0.5, 0.6) is 11.5 Å². The molecule has 0 fully saturated rings. The van der Waals surface area contributed by atoms with Gasteiger partial charge in [0.05, 0.1) is 23.9 Å². The standard InChI is InChI=1S/C33H35N7O4/c1-33(2,3)44-31(41)25-14-13-22(20-34)18-27(25)43-30-28(35)26(17-21-9-6-5-7-10-21)38-32(40(30)36)42-24-12-8-11-23(19-24)29-37-15-16-39(29)4/h5-14,18-19,32H,15-17,35-36H2,1-4H3. The molecular weight excluding hydrogens is 558 g/mol. The van der Waals surface area contributed by atoms with Crippen molar-refractivity contribution in [2.75, 3.05) is 20.1 Å². The Morgan fingerprint density at radius 3 is 2.55 bits per heavy atom. The molecule has 4 N–H and O–H groups in total. The Bertz CT molecular complexity index is 1690. The van der Waals surface area contributed by atoms with Gasteiger partial charge in [-0.3, -0.25) is 4.99 Å². The minimum atomic E-state index is -1.07. The minimum absolute atomic E-state index is 0.00638. The third-order valence-electron chi connectivity index (χ3n) is 6.82. The maximum Gasteiger partial charge on any atom is 0.342 e. The Morgan fingerprint density at radius 2 is 1.86 bits per heavy atom. The number of likely N-dealkylation sites (N-methyl/N-ethyl adjacent to an activating group) is 1. The fraction of sp³-hybridized carbons (Fsp3) is 0.273. The minimum Gasteiger partial charge on any atom is -0.456 e. The van der Waals surface area contributed by atoms with Gasteiger partial charge in [-0.05, 0) is 56.7 Å². The molecule has 2 aliphatic rings. The zero-order valence-corrected chi connectivity index (χ0v) is 25.2. The fourth-order valence-electron chi connectivity index (χ4n) is 4.71. The van der Waals surface area contributed by atoms with Gasteiger partial charge < -0.3 is 24.8 Å². The van der Waals surface area contributed by atoms with Crippen molar-refractivity contribution >= 4 is 17.5 Å². The number of nitriles is 1. The molecule has 0 bridgehead atoms. The second kappa shape index (κ2) is 12.5. The van der Waals surface area contributed by atoms with Crippen LogP contribution in [0.3, 0.4) is 0 Å². The van der Waals surface area contributed by atoms with Crippen molar-refractivity contribution in [2.45, 2.75) is 39.1 Å². The molecule has 0 saturated heterocycles. The van der Waals surface area contributed by atoms with E-state index in [4.69, 9.17) is 30.8 Å². The quantitative estimate of drug-likeness (QED) is 0.292. The number of hydrogen-bond acceptors (Lipinski definition) is 11. The van der Waals surface area contributed by atoms with Gasteiger partial charge in [0, 0.05) is 25.6 Å². The molecule has 1 unspecified atom stereocenters. The summed E-state index contributed by atoms with van der Waals surface area (Å²) in [5.41, 5.74) is 8.74. The first-order chi connectivity index (χ1) is 21.0. The number of amidine groups is 1. The number of nitrogens with zero attached hydrogens (tertiary/aromatic N) is 5. The highest BCUT2D eigenvalue weighted by molar-refractivity contribution is 6.02. The second-order valence-electron chi connectivity index (χ2n) is 11.4. The predicted molar refractivity (Wildman–Crippen MR) is 167 cm³/mol. The van der Waals surface area contributed by atoms with Crippen molar-refractivity contribution in [1.82, 2.24) is 9.91 Å². The van der Waals surface area contributed by atoms with E-state index in [9.17, 15) is 10.1 Å². The fourth-order valence-corrected chi connectivity index (χ4v) is 4.71. The topological polar surface area (TPSA) is 152 Å². The van der Waals surface area contributed by atoms with E-state index in [1.54, 1.807) is 26.8 Å². The number of ether oxygens (including phenoxy) is 3. The van der Waals surface area contributed by atoms with Crippen LogP contribution in [0.25, 0.3) is 0 Å². The number of nitrogens with two attached hydrogens (primary N) is 2. The van der Waals surface area contributed by atoms with Crippen molar-refractivity contribution in [3.05, 3.63) is 107 Å². The average molecular weight is 594 g/mol. The van der Waals surface area contributed by atoms with Gasteiger partial charge in [-0.1, -0.05) is 42.5 Å². The predicted octanol–water partition coefficient (Wildman–Crippen LogP) is 3.95. The molecule has 0 aliphatic carbocycles. The largest absolute Gasteiger partial charge is 0.456 e. The monoisotopic (exact) mass is 593 g/mol. The summed E-state index contributed by atoms with van der Waals surface area (Å²) in [4.78, 5) is 24.6. The molecule has 226 valence electrons. The van der Waals surface area contributed by atoms with E-state index in [1.165, 1.54) is 18.2 Å². The lowest BCUT2D eigenvalue weighted by Gasteiger charge is -2.33. The van der Waals surface area contributed by atoms with Crippen LogP contribution >= 0.6 is 0 Å². The first-order valence-corrected chi connectivity index (χ1v) is 14.1. The Morgan fingerprint density at radius 1 is 1.09 bits per heavy atom. The van der Waals surface area contributed by atoms with Crippen molar-refractivity contribution in [3.63, 3.8) is 0 Å². The maximum atomic E-state index is 13.1. The highest BCUT2D eigenvalue weighted by Gasteiger charge is 2.33. The van der Waals surface area contributed by atoms with E-state index < -0.39 is 17.9 Å². The first kappa shape index (κ1) is 30.1. The highest BCUT2D eigenvalue weighted by Crippen LogP contribution is 2.30. The van der Waals surface area contributed by atoms with Crippen LogP contribution in [0, 0.1) is 11.3 Å². The van der Waals surface area contributed by atoms with E-state index >= 15 is 0 Å². The van der Waals surface area contributed by atoms with Gasteiger partial charge in [-0.25, -0.2) is 20.6 Å². The number of esters is 1. The van der Waals surface area contributed by atoms with Crippen molar-refractivity contribution in [3.8, 4) is 17.6 Å². The summed E-state index contributed by atoms with van der Waals surface area (Å²) in [6, 6.07) is 23.7. The van der Waals surface area contributed by atoms with Crippen LogP contribution in [-0.4, -0.2) is 59.5 Å². The number of hydrogen-bond donors (Lipinski definition) is 2. The number of rotatable bonds is 8. The smallest absolute Gasteiger partial charge is 0.342 e. The number of hydrazine groups is 1. The molecule has 3 aromatic rings. The molecule has 3 aromatic carbocycles. The molecule has 0 aromatic heterocycles.